The molecule has 3 nitrogen and oxygen atoms in total. The van der Waals surface area contributed by atoms with Gasteiger partial charge in [0.2, 0.25) is 0 Å². The Balaban J connectivity index is 1.61. The van der Waals surface area contributed by atoms with E-state index in [0.717, 1.165) is 25.9 Å². The second kappa shape index (κ2) is 4.60. The van der Waals surface area contributed by atoms with Crippen LogP contribution in [0.5, 0.6) is 0 Å². The molecule has 0 bridgehead atoms. The second-order valence-corrected chi connectivity index (χ2v) is 4.77. The predicted octanol–water partition coefficient (Wildman–Crippen LogP) is 0.587. The lowest BCUT2D eigenvalue weighted by atomic mass is 9.77. The molecule has 1 aliphatic carbocycles. The first kappa shape index (κ1) is 10.4. The highest BCUT2D eigenvalue weighted by molar-refractivity contribution is 4.95. The molecule has 2 N–H and O–H groups in total. The molecule has 0 spiro atoms. The van der Waals surface area contributed by atoms with Crippen molar-refractivity contribution in [3.63, 3.8) is 0 Å². The van der Waals surface area contributed by atoms with Crippen LogP contribution in [0.1, 0.15) is 32.1 Å². The first-order valence-corrected chi connectivity index (χ1v) is 5.93. The fourth-order valence-electron chi connectivity index (χ4n) is 2.48. The zero-order valence-electron chi connectivity index (χ0n) is 8.97. The maximum atomic E-state index is 9.25. The third kappa shape index (κ3) is 2.27. The van der Waals surface area contributed by atoms with Gasteiger partial charge in [-0.15, -0.1) is 0 Å². The minimum Gasteiger partial charge on any atom is -0.394 e. The number of rotatable bonds is 5. The van der Waals surface area contributed by atoms with Crippen LogP contribution in [0.25, 0.3) is 0 Å². The van der Waals surface area contributed by atoms with Gasteiger partial charge in [0.25, 0.3) is 0 Å². The first-order chi connectivity index (χ1) is 6.85. The Bertz CT molecular complexity index is 169. The third-order valence-electron chi connectivity index (χ3n) is 3.74. The van der Waals surface area contributed by atoms with Gasteiger partial charge in [-0.2, -0.15) is 0 Å². The second-order valence-electron chi connectivity index (χ2n) is 4.77. The van der Waals surface area contributed by atoms with Gasteiger partial charge in [0.05, 0.1) is 6.61 Å². The average molecular weight is 198 g/mol. The standard InChI is InChI=1S/C11H22N2O/c14-10-11(4-3-5-11)12-6-9-13-7-1-2-8-13/h12,14H,1-10H2. The van der Waals surface area contributed by atoms with E-state index < -0.39 is 0 Å². The Morgan fingerprint density at radius 2 is 1.86 bits per heavy atom. The summed E-state index contributed by atoms with van der Waals surface area (Å²) in [6.07, 6.45) is 6.32. The summed E-state index contributed by atoms with van der Waals surface area (Å²) in [6, 6.07) is 0. The molecular weight excluding hydrogens is 176 g/mol. The van der Waals surface area contributed by atoms with Crippen molar-refractivity contribution in [1.29, 1.82) is 0 Å². The largest absolute Gasteiger partial charge is 0.394 e. The molecule has 0 amide bonds. The van der Waals surface area contributed by atoms with Crippen LogP contribution in [0.15, 0.2) is 0 Å². The van der Waals surface area contributed by atoms with Crippen LogP contribution in [0.2, 0.25) is 0 Å². The first-order valence-electron chi connectivity index (χ1n) is 5.93. The lowest BCUT2D eigenvalue weighted by molar-refractivity contribution is 0.0864. The van der Waals surface area contributed by atoms with E-state index in [1.807, 2.05) is 0 Å². The molecule has 2 aliphatic rings. The maximum absolute atomic E-state index is 9.25. The van der Waals surface area contributed by atoms with Crippen molar-refractivity contribution >= 4 is 0 Å². The highest BCUT2D eigenvalue weighted by atomic mass is 16.3. The van der Waals surface area contributed by atoms with Crippen LogP contribution in [0, 0.1) is 0 Å². The molecule has 82 valence electrons. The minimum absolute atomic E-state index is 0.0969. The van der Waals surface area contributed by atoms with Crippen molar-refractivity contribution in [2.24, 2.45) is 0 Å². The number of hydrogen-bond donors (Lipinski definition) is 2. The van der Waals surface area contributed by atoms with E-state index in [1.165, 1.54) is 32.4 Å². The fourth-order valence-corrected chi connectivity index (χ4v) is 2.48. The van der Waals surface area contributed by atoms with Crippen molar-refractivity contribution in [2.75, 3.05) is 32.8 Å². The topological polar surface area (TPSA) is 35.5 Å². The molecule has 0 aromatic heterocycles. The van der Waals surface area contributed by atoms with Crippen molar-refractivity contribution in [2.45, 2.75) is 37.6 Å². The van der Waals surface area contributed by atoms with Gasteiger partial charge in [-0.1, -0.05) is 0 Å². The Hall–Kier alpha value is -0.120. The van der Waals surface area contributed by atoms with Gasteiger partial charge in [0.1, 0.15) is 0 Å². The quantitative estimate of drug-likeness (QED) is 0.678. The van der Waals surface area contributed by atoms with Crippen LogP contribution < -0.4 is 5.32 Å². The van der Waals surface area contributed by atoms with E-state index >= 15 is 0 Å². The molecule has 0 aromatic rings. The van der Waals surface area contributed by atoms with E-state index in [-0.39, 0.29) is 5.54 Å². The normalized spacial score (nSPS) is 26.4. The molecule has 0 radical (unpaired) electrons. The molecule has 14 heavy (non-hydrogen) atoms. The zero-order chi connectivity index (χ0) is 9.86. The smallest absolute Gasteiger partial charge is 0.0613 e. The van der Waals surface area contributed by atoms with Crippen LogP contribution in [0.4, 0.5) is 0 Å². The Morgan fingerprint density at radius 1 is 1.14 bits per heavy atom. The molecule has 0 unspecified atom stereocenters. The minimum atomic E-state index is 0.0969. The summed E-state index contributed by atoms with van der Waals surface area (Å²) in [5.41, 5.74) is 0.0969. The van der Waals surface area contributed by atoms with Gasteiger partial charge >= 0.3 is 0 Å². The number of aliphatic hydroxyl groups excluding tert-OH is 1. The monoisotopic (exact) mass is 198 g/mol. The third-order valence-corrected chi connectivity index (χ3v) is 3.74. The lowest BCUT2D eigenvalue weighted by Crippen LogP contribution is -2.55. The van der Waals surface area contributed by atoms with Gasteiger partial charge in [-0.25, -0.2) is 0 Å². The Kier molecular flexibility index (Phi) is 3.42. The summed E-state index contributed by atoms with van der Waals surface area (Å²) < 4.78 is 0. The Morgan fingerprint density at radius 3 is 2.36 bits per heavy atom. The highest BCUT2D eigenvalue weighted by Crippen LogP contribution is 2.30. The van der Waals surface area contributed by atoms with Gasteiger partial charge in [-0.3, -0.25) is 0 Å². The number of aliphatic hydroxyl groups is 1. The number of hydrogen-bond acceptors (Lipinski definition) is 3. The molecule has 2 fully saturated rings. The predicted molar refractivity (Wildman–Crippen MR) is 57.3 cm³/mol. The molecule has 1 saturated heterocycles. The van der Waals surface area contributed by atoms with E-state index in [0.29, 0.717) is 6.61 Å². The molecule has 0 aromatic carbocycles. The summed E-state index contributed by atoms with van der Waals surface area (Å²) in [5.74, 6) is 0. The molecule has 0 atom stereocenters. The van der Waals surface area contributed by atoms with Gasteiger partial charge in [-0.05, 0) is 45.2 Å². The van der Waals surface area contributed by atoms with Gasteiger partial charge in [0.15, 0.2) is 0 Å². The van der Waals surface area contributed by atoms with E-state index in [4.69, 9.17) is 0 Å². The van der Waals surface area contributed by atoms with Crippen molar-refractivity contribution in [1.82, 2.24) is 10.2 Å². The molecule has 1 heterocycles. The summed E-state index contributed by atoms with van der Waals surface area (Å²) >= 11 is 0. The Labute approximate surface area is 86.5 Å². The van der Waals surface area contributed by atoms with Gasteiger partial charge < -0.3 is 15.3 Å². The molecule has 1 aliphatic heterocycles. The fraction of sp³-hybridized carbons (Fsp3) is 1.00. The SMILES string of the molecule is OCC1(NCCN2CCCC2)CCC1. The van der Waals surface area contributed by atoms with E-state index in [9.17, 15) is 5.11 Å². The molecule has 2 rings (SSSR count). The van der Waals surface area contributed by atoms with Crippen LogP contribution in [0.3, 0.4) is 0 Å². The molecular formula is C11H22N2O. The number of nitrogens with zero attached hydrogens (tertiary/aromatic N) is 1. The summed E-state index contributed by atoms with van der Waals surface area (Å²) in [6.45, 7) is 5.05. The summed E-state index contributed by atoms with van der Waals surface area (Å²) in [7, 11) is 0. The van der Waals surface area contributed by atoms with Crippen LogP contribution in [-0.2, 0) is 0 Å². The molecule has 1 saturated carbocycles. The van der Waals surface area contributed by atoms with E-state index in [1.54, 1.807) is 0 Å². The molecule has 3 heteroatoms. The van der Waals surface area contributed by atoms with Crippen LogP contribution >= 0.6 is 0 Å². The van der Waals surface area contributed by atoms with Gasteiger partial charge in [0, 0.05) is 18.6 Å². The van der Waals surface area contributed by atoms with Crippen molar-refractivity contribution in [3.8, 4) is 0 Å². The summed E-state index contributed by atoms with van der Waals surface area (Å²) in [4.78, 5) is 2.51. The van der Waals surface area contributed by atoms with Crippen molar-refractivity contribution < 1.29 is 5.11 Å². The number of likely N-dealkylation sites (tertiary alicyclic amines) is 1. The summed E-state index contributed by atoms with van der Waals surface area (Å²) in [5, 5.41) is 12.8. The number of nitrogens with one attached hydrogen (secondary N) is 1. The lowest BCUT2D eigenvalue weighted by Gasteiger charge is -2.41. The average Bonchev–Trinajstić information content (AvgIpc) is 2.62. The zero-order valence-corrected chi connectivity index (χ0v) is 8.97. The highest BCUT2D eigenvalue weighted by Gasteiger charge is 2.35. The van der Waals surface area contributed by atoms with E-state index in [2.05, 4.69) is 10.2 Å². The van der Waals surface area contributed by atoms with Crippen molar-refractivity contribution in [3.05, 3.63) is 0 Å². The maximum Gasteiger partial charge on any atom is 0.0613 e. The van der Waals surface area contributed by atoms with Crippen LogP contribution in [-0.4, -0.2) is 48.3 Å².